The van der Waals surface area contributed by atoms with E-state index in [9.17, 15) is 18.0 Å². The molecule has 1 N–H and O–H groups in total. The number of sulfonamides is 1. The minimum Gasteiger partial charge on any atom is -0.339 e. The molecule has 0 saturated heterocycles. The Balaban J connectivity index is 2.29. The largest absolute Gasteiger partial charge is 0.339 e. The molecule has 30 heavy (non-hydrogen) atoms. The van der Waals surface area contributed by atoms with Crippen LogP contribution in [0.3, 0.4) is 0 Å². The molecule has 0 saturated carbocycles. The predicted octanol–water partition coefficient (Wildman–Crippen LogP) is 3.19. The summed E-state index contributed by atoms with van der Waals surface area (Å²) in [7, 11) is -3.69. The van der Waals surface area contributed by atoms with Crippen LogP contribution in [0, 0.1) is 13.8 Å². The second-order valence-electron chi connectivity index (χ2n) is 7.11. The third-order valence-corrected chi connectivity index (χ3v) is 6.09. The van der Waals surface area contributed by atoms with E-state index >= 15 is 0 Å². The maximum Gasteiger partial charge on any atom is 0.255 e. The first kappa shape index (κ1) is 23.4. The van der Waals surface area contributed by atoms with Crippen molar-refractivity contribution >= 4 is 33.2 Å². The first-order valence-corrected chi connectivity index (χ1v) is 11.7. The molecule has 2 amide bonds. The second kappa shape index (κ2) is 9.75. The van der Waals surface area contributed by atoms with Crippen molar-refractivity contribution in [3.8, 4) is 0 Å². The Labute approximate surface area is 178 Å². The molecule has 0 radical (unpaired) electrons. The lowest BCUT2D eigenvalue weighted by atomic mass is 10.1. The Bertz CT molecular complexity index is 1030. The van der Waals surface area contributed by atoms with Crippen molar-refractivity contribution in [3.05, 3.63) is 59.2 Å². The molecule has 2 aromatic carbocycles. The van der Waals surface area contributed by atoms with Gasteiger partial charge in [0.15, 0.2) is 0 Å². The molecule has 0 unspecified atom stereocenters. The van der Waals surface area contributed by atoms with Gasteiger partial charge in [0.05, 0.1) is 23.2 Å². The average Bonchev–Trinajstić information content (AvgIpc) is 2.69. The topological polar surface area (TPSA) is 86.8 Å². The van der Waals surface area contributed by atoms with Crippen molar-refractivity contribution < 1.29 is 18.0 Å². The van der Waals surface area contributed by atoms with Crippen LogP contribution in [0.15, 0.2) is 42.5 Å². The Kier molecular flexibility index (Phi) is 7.61. The van der Waals surface area contributed by atoms with Gasteiger partial charge in [-0.2, -0.15) is 0 Å². The SMILES string of the molecule is CCN(CC)C(=O)c1ccccc1NC(=O)CN(c1ccc(C)c(C)c1)S(C)(=O)=O. The van der Waals surface area contributed by atoms with Crippen LogP contribution in [0.2, 0.25) is 0 Å². The Morgan fingerprint density at radius 3 is 2.17 bits per heavy atom. The van der Waals surface area contributed by atoms with Crippen molar-refractivity contribution in [2.45, 2.75) is 27.7 Å². The number of nitrogens with zero attached hydrogens (tertiary/aromatic N) is 2. The van der Waals surface area contributed by atoms with Crippen molar-refractivity contribution in [1.82, 2.24) is 4.90 Å². The third kappa shape index (κ3) is 5.60. The van der Waals surface area contributed by atoms with Crippen LogP contribution in [0.1, 0.15) is 35.3 Å². The molecule has 0 fully saturated rings. The summed E-state index contributed by atoms with van der Waals surface area (Å²) < 4.78 is 25.7. The lowest BCUT2D eigenvalue weighted by Gasteiger charge is -2.23. The van der Waals surface area contributed by atoms with Crippen LogP contribution in [0.4, 0.5) is 11.4 Å². The lowest BCUT2D eigenvalue weighted by molar-refractivity contribution is -0.114. The van der Waals surface area contributed by atoms with Gasteiger partial charge in [0, 0.05) is 13.1 Å². The molecule has 0 aliphatic rings. The molecule has 2 aromatic rings. The summed E-state index contributed by atoms with van der Waals surface area (Å²) in [6, 6.07) is 12.0. The summed E-state index contributed by atoms with van der Waals surface area (Å²) in [4.78, 5) is 27.1. The molecule has 0 bridgehead atoms. The number of amides is 2. The van der Waals surface area contributed by atoms with Gasteiger partial charge in [0.2, 0.25) is 15.9 Å². The standard InChI is InChI=1S/C22H29N3O4S/c1-6-24(7-2)22(27)19-10-8-9-11-20(19)23-21(26)15-25(30(5,28)29)18-13-12-16(3)17(4)14-18/h8-14H,6-7,15H2,1-5H3,(H,23,26). The van der Waals surface area contributed by atoms with Gasteiger partial charge in [-0.3, -0.25) is 13.9 Å². The second-order valence-corrected chi connectivity index (χ2v) is 9.02. The lowest BCUT2D eigenvalue weighted by Crippen LogP contribution is -2.38. The minimum atomic E-state index is -3.69. The molecule has 2 rings (SSSR count). The van der Waals surface area contributed by atoms with Crippen molar-refractivity contribution in [3.63, 3.8) is 0 Å². The van der Waals surface area contributed by atoms with Gasteiger partial charge in [-0.15, -0.1) is 0 Å². The summed E-state index contributed by atoms with van der Waals surface area (Å²) in [5.41, 5.74) is 3.10. The van der Waals surface area contributed by atoms with Gasteiger partial charge in [-0.25, -0.2) is 8.42 Å². The van der Waals surface area contributed by atoms with E-state index in [4.69, 9.17) is 0 Å². The zero-order valence-electron chi connectivity index (χ0n) is 18.1. The number of hydrogen-bond acceptors (Lipinski definition) is 4. The van der Waals surface area contributed by atoms with Crippen molar-refractivity contribution in [2.75, 3.05) is 35.5 Å². The molecule has 162 valence electrons. The summed E-state index contributed by atoms with van der Waals surface area (Å²) in [6.45, 7) is 8.29. The van der Waals surface area contributed by atoms with Gasteiger partial charge in [-0.05, 0) is 63.1 Å². The third-order valence-electron chi connectivity index (χ3n) is 4.95. The maximum atomic E-state index is 12.7. The molecule has 0 aliphatic heterocycles. The van der Waals surface area contributed by atoms with Crippen LogP contribution >= 0.6 is 0 Å². The van der Waals surface area contributed by atoms with Gasteiger partial charge in [0.1, 0.15) is 6.54 Å². The number of carbonyl (C=O) groups excluding carboxylic acids is 2. The van der Waals surface area contributed by atoms with Crippen molar-refractivity contribution in [2.24, 2.45) is 0 Å². The van der Waals surface area contributed by atoms with E-state index in [1.165, 1.54) is 0 Å². The fraction of sp³-hybridized carbons (Fsp3) is 0.364. The van der Waals surface area contributed by atoms with Crippen LogP contribution in [-0.2, 0) is 14.8 Å². The highest BCUT2D eigenvalue weighted by Crippen LogP contribution is 2.22. The van der Waals surface area contributed by atoms with Crippen LogP contribution in [0.5, 0.6) is 0 Å². The molecular weight excluding hydrogens is 402 g/mol. The van der Waals surface area contributed by atoms with E-state index < -0.39 is 22.5 Å². The summed E-state index contributed by atoms with van der Waals surface area (Å²) >= 11 is 0. The first-order valence-electron chi connectivity index (χ1n) is 9.81. The maximum absolute atomic E-state index is 12.7. The number of carbonyl (C=O) groups is 2. The van der Waals surface area contributed by atoms with Gasteiger partial charge in [-0.1, -0.05) is 18.2 Å². The average molecular weight is 432 g/mol. The van der Waals surface area contributed by atoms with E-state index in [-0.39, 0.29) is 5.91 Å². The Morgan fingerprint density at radius 2 is 1.60 bits per heavy atom. The highest BCUT2D eigenvalue weighted by atomic mass is 32.2. The summed E-state index contributed by atoms with van der Waals surface area (Å²) in [6.07, 6.45) is 1.06. The van der Waals surface area contributed by atoms with E-state index in [0.29, 0.717) is 30.0 Å². The quantitative estimate of drug-likeness (QED) is 0.695. The smallest absolute Gasteiger partial charge is 0.255 e. The molecule has 0 aliphatic carbocycles. The number of para-hydroxylation sites is 1. The predicted molar refractivity (Wildman–Crippen MR) is 120 cm³/mol. The van der Waals surface area contributed by atoms with E-state index in [2.05, 4.69) is 5.32 Å². The van der Waals surface area contributed by atoms with E-state index in [0.717, 1.165) is 21.7 Å². The number of hydrogen-bond donors (Lipinski definition) is 1. The number of nitrogens with one attached hydrogen (secondary N) is 1. The monoisotopic (exact) mass is 431 g/mol. The van der Waals surface area contributed by atoms with E-state index in [1.807, 2.05) is 33.8 Å². The molecule has 0 atom stereocenters. The first-order chi connectivity index (χ1) is 14.1. The molecular formula is C22H29N3O4S. The molecule has 7 nitrogen and oxygen atoms in total. The van der Waals surface area contributed by atoms with Crippen LogP contribution < -0.4 is 9.62 Å². The number of benzene rings is 2. The Morgan fingerprint density at radius 1 is 0.967 bits per heavy atom. The normalized spacial score (nSPS) is 11.1. The highest BCUT2D eigenvalue weighted by Gasteiger charge is 2.23. The Hall–Kier alpha value is -2.87. The molecule has 8 heteroatoms. The van der Waals surface area contributed by atoms with Crippen LogP contribution in [-0.4, -0.2) is 51.0 Å². The van der Waals surface area contributed by atoms with Crippen LogP contribution in [0.25, 0.3) is 0 Å². The zero-order chi connectivity index (χ0) is 22.5. The number of anilines is 2. The molecule has 0 heterocycles. The fourth-order valence-electron chi connectivity index (χ4n) is 3.06. The summed E-state index contributed by atoms with van der Waals surface area (Å²) in [5.74, 6) is -0.719. The fourth-order valence-corrected chi connectivity index (χ4v) is 3.91. The molecule has 0 spiro atoms. The number of rotatable bonds is 8. The van der Waals surface area contributed by atoms with Gasteiger partial charge < -0.3 is 10.2 Å². The number of aryl methyl sites for hydroxylation is 2. The highest BCUT2D eigenvalue weighted by molar-refractivity contribution is 7.92. The summed E-state index contributed by atoms with van der Waals surface area (Å²) in [5, 5.41) is 2.70. The van der Waals surface area contributed by atoms with E-state index in [1.54, 1.807) is 41.3 Å². The molecule has 0 aromatic heterocycles. The van der Waals surface area contributed by atoms with Gasteiger partial charge in [0.25, 0.3) is 5.91 Å². The van der Waals surface area contributed by atoms with Gasteiger partial charge >= 0.3 is 0 Å². The zero-order valence-corrected chi connectivity index (χ0v) is 18.9. The van der Waals surface area contributed by atoms with Crippen molar-refractivity contribution in [1.29, 1.82) is 0 Å². The minimum absolute atomic E-state index is 0.190.